The third-order valence-corrected chi connectivity index (χ3v) is 2.54. The fraction of sp³-hybridized carbons (Fsp3) is 0.385. The molecule has 1 N–H and O–H groups in total. The Morgan fingerprint density at radius 2 is 2.29 bits per heavy atom. The molecule has 0 aliphatic carbocycles. The summed E-state index contributed by atoms with van der Waals surface area (Å²) in [6, 6.07) is 4.05. The Morgan fingerprint density at radius 3 is 3.00 bits per heavy atom. The van der Waals surface area contributed by atoms with Gasteiger partial charge in [0.1, 0.15) is 0 Å². The fourth-order valence-electron chi connectivity index (χ4n) is 1.70. The van der Waals surface area contributed by atoms with Crippen LogP contribution in [-0.2, 0) is 6.54 Å². The van der Waals surface area contributed by atoms with Crippen molar-refractivity contribution in [3.63, 3.8) is 0 Å². The molecule has 0 spiro atoms. The first-order valence-corrected chi connectivity index (χ1v) is 5.97. The van der Waals surface area contributed by atoms with Crippen LogP contribution in [0, 0.1) is 6.92 Å². The Labute approximate surface area is 102 Å². The number of pyridine rings is 1. The summed E-state index contributed by atoms with van der Waals surface area (Å²) in [5.41, 5.74) is 2.31. The first-order chi connectivity index (χ1) is 8.31. The second-order valence-electron chi connectivity index (χ2n) is 4.13. The Balaban J connectivity index is 2.21. The van der Waals surface area contributed by atoms with Crippen molar-refractivity contribution in [1.29, 1.82) is 0 Å². The van der Waals surface area contributed by atoms with E-state index < -0.39 is 0 Å². The lowest BCUT2D eigenvalue weighted by atomic mass is 10.2. The second-order valence-corrected chi connectivity index (χ2v) is 4.13. The van der Waals surface area contributed by atoms with Crippen LogP contribution in [0.5, 0.6) is 0 Å². The summed E-state index contributed by atoms with van der Waals surface area (Å²) in [5, 5.41) is 7.69. The van der Waals surface area contributed by atoms with Gasteiger partial charge in [-0.25, -0.2) is 9.67 Å². The zero-order valence-electron chi connectivity index (χ0n) is 10.3. The van der Waals surface area contributed by atoms with Gasteiger partial charge in [0.05, 0.1) is 6.20 Å². The van der Waals surface area contributed by atoms with Crippen LogP contribution >= 0.6 is 0 Å². The van der Waals surface area contributed by atoms with Crippen LogP contribution in [0.15, 0.2) is 30.7 Å². The highest BCUT2D eigenvalue weighted by Gasteiger charge is 2.05. The zero-order chi connectivity index (χ0) is 12.1. The van der Waals surface area contributed by atoms with Gasteiger partial charge in [-0.3, -0.25) is 0 Å². The van der Waals surface area contributed by atoms with Crippen molar-refractivity contribution in [2.45, 2.75) is 26.8 Å². The molecule has 2 aromatic heterocycles. The van der Waals surface area contributed by atoms with Gasteiger partial charge in [-0.2, -0.15) is 5.10 Å². The van der Waals surface area contributed by atoms with E-state index >= 15 is 0 Å². The van der Waals surface area contributed by atoms with Gasteiger partial charge in [0.15, 0.2) is 5.82 Å². The summed E-state index contributed by atoms with van der Waals surface area (Å²) in [6.07, 6.45) is 6.77. The molecule has 4 nitrogen and oxygen atoms in total. The van der Waals surface area contributed by atoms with Crippen molar-refractivity contribution in [2.24, 2.45) is 0 Å². The summed E-state index contributed by atoms with van der Waals surface area (Å²) in [5.74, 6) is 0.907. The minimum atomic E-state index is 0.829. The first-order valence-electron chi connectivity index (χ1n) is 5.97. The molecule has 17 heavy (non-hydrogen) atoms. The summed E-state index contributed by atoms with van der Waals surface area (Å²) in [6.45, 7) is 6.04. The maximum Gasteiger partial charge on any atom is 0.157 e. The molecule has 0 saturated carbocycles. The van der Waals surface area contributed by atoms with E-state index in [-0.39, 0.29) is 0 Å². The molecule has 0 unspecified atom stereocenters. The highest BCUT2D eigenvalue weighted by atomic mass is 15.3. The smallest absolute Gasteiger partial charge is 0.157 e. The predicted octanol–water partition coefficient (Wildman–Crippen LogP) is 2.08. The van der Waals surface area contributed by atoms with Gasteiger partial charge in [0.25, 0.3) is 0 Å². The number of rotatable bonds is 5. The highest BCUT2D eigenvalue weighted by Crippen LogP contribution is 2.11. The normalized spacial score (nSPS) is 10.7. The largest absolute Gasteiger partial charge is 0.313 e. The monoisotopic (exact) mass is 230 g/mol. The first kappa shape index (κ1) is 11.8. The van der Waals surface area contributed by atoms with Gasteiger partial charge in [0.2, 0.25) is 0 Å². The van der Waals surface area contributed by atoms with Crippen molar-refractivity contribution in [3.05, 3.63) is 41.9 Å². The quantitative estimate of drug-likeness (QED) is 0.800. The number of aryl methyl sites for hydroxylation is 1. The van der Waals surface area contributed by atoms with E-state index in [2.05, 4.69) is 28.4 Å². The van der Waals surface area contributed by atoms with Gasteiger partial charge in [-0.1, -0.05) is 13.0 Å². The molecular formula is C13H18N4. The molecule has 2 aromatic rings. The minimum absolute atomic E-state index is 0.829. The maximum atomic E-state index is 4.40. The third kappa shape index (κ3) is 2.91. The van der Waals surface area contributed by atoms with Gasteiger partial charge in [-0.15, -0.1) is 0 Å². The lowest BCUT2D eigenvalue weighted by molar-refractivity contribution is 0.666. The Hall–Kier alpha value is -1.68. The van der Waals surface area contributed by atoms with Crippen molar-refractivity contribution in [2.75, 3.05) is 6.54 Å². The lowest BCUT2D eigenvalue weighted by Crippen LogP contribution is -2.16. The van der Waals surface area contributed by atoms with E-state index in [1.807, 2.05) is 30.1 Å². The Bertz CT molecular complexity index is 476. The Kier molecular flexibility index (Phi) is 3.88. The van der Waals surface area contributed by atoms with Gasteiger partial charge >= 0.3 is 0 Å². The van der Waals surface area contributed by atoms with Crippen LogP contribution in [0.4, 0.5) is 0 Å². The van der Waals surface area contributed by atoms with Crippen LogP contribution in [0.3, 0.4) is 0 Å². The van der Waals surface area contributed by atoms with E-state index in [1.165, 1.54) is 5.56 Å². The van der Waals surface area contributed by atoms with E-state index in [9.17, 15) is 0 Å². The summed E-state index contributed by atoms with van der Waals surface area (Å²) in [4.78, 5) is 4.40. The summed E-state index contributed by atoms with van der Waals surface area (Å²) < 4.78 is 1.83. The number of hydrogen-bond acceptors (Lipinski definition) is 3. The third-order valence-electron chi connectivity index (χ3n) is 2.54. The van der Waals surface area contributed by atoms with Gasteiger partial charge in [0, 0.05) is 24.5 Å². The molecule has 0 bridgehead atoms. The Morgan fingerprint density at radius 1 is 1.41 bits per heavy atom. The van der Waals surface area contributed by atoms with Crippen LogP contribution in [0.1, 0.15) is 24.5 Å². The maximum absolute atomic E-state index is 4.40. The van der Waals surface area contributed by atoms with Gasteiger partial charge in [-0.05, 0) is 31.5 Å². The standard InChI is InChI=1S/C13H18N4/c1-3-6-14-9-12-5-4-7-15-13(12)17-10-11(2)8-16-17/h4-5,7-8,10,14H,3,6,9H2,1-2H3. The van der Waals surface area contributed by atoms with E-state index in [0.717, 1.165) is 30.9 Å². The second kappa shape index (κ2) is 5.59. The van der Waals surface area contributed by atoms with Crippen molar-refractivity contribution in [3.8, 4) is 5.82 Å². The number of aromatic nitrogens is 3. The van der Waals surface area contributed by atoms with Crippen molar-refractivity contribution < 1.29 is 0 Å². The van der Waals surface area contributed by atoms with Gasteiger partial charge < -0.3 is 5.32 Å². The molecule has 90 valence electrons. The summed E-state index contributed by atoms with van der Waals surface area (Å²) >= 11 is 0. The molecule has 2 heterocycles. The molecule has 0 aromatic carbocycles. The van der Waals surface area contributed by atoms with Crippen LogP contribution in [-0.4, -0.2) is 21.3 Å². The molecule has 0 radical (unpaired) electrons. The topological polar surface area (TPSA) is 42.7 Å². The lowest BCUT2D eigenvalue weighted by Gasteiger charge is -2.08. The van der Waals surface area contributed by atoms with Crippen molar-refractivity contribution in [1.82, 2.24) is 20.1 Å². The molecule has 4 heteroatoms. The molecule has 0 amide bonds. The van der Waals surface area contributed by atoms with E-state index in [4.69, 9.17) is 0 Å². The van der Waals surface area contributed by atoms with Crippen molar-refractivity contribution >= 4 is 0 Å². The van der Waals surface area contributed by atoms with Crippen LogP contribution < -0.4 is 5.32 Å². The average molecular weight is 230 g/mol. The van der Waals surface area contributed by atoms with E-state index in [0.29, 0.717) is 0 Å². The fourth-order valence-corrected chi connectivity index (χ4v) is 1.70. The van der Waals surface area contributed by atoms with Crippen LogP contribution in [0.25, 0.3) is 5.82 Å². The number of hydrogen-bond donors (Lipinski definition) is 1. The average Bonchev–Trinajstić information content (AvgIpc) is 2.77. The van der Waals surface area contributed by atoms with Crippen LogP contribution in [0.2, 0.25) is 0 Å². The molecule has 0 fully saturated rings. The summed E-state index contributed by atoms with van der Waals surface area (Å²) in [7, 11) is 0. The predicted molar refractivity (Wildman–Crippen MR) is 68.1 cm³/mol. The number of nitrogens with one attached hydrogen (secondary N) is 1. The molecule has 0 atom stereocenters. The molecule has 0 aliphatic rings. The van der Waals surface area contributed by atoms with E-state index in [1.54, 1.807) is 6.20 Å². The molecule has 0 aliphatic heterocycles. The number of nitrogens with zero attached hydrogens (tertiary/aromatic N) is 3. The highest BCUT2D eigenvalue weighted by molar-refractivity contribution is 5.33. The molecular weight excluding hydrogens is 212 g/mol. The zero-order valence-corrected chi connectivity index (χ0v) is 10.3. The molecule has 0 saturated heterocycles. The minimum Gasteiger partial charge on any atom is -0.313 e. The SMILES string of the molecule is CCCNCc1cccnc1-n1cc(C)cn1. The molecule has 2 rings (SSSR count).